The second-order valence-electron chi connectivity index (χ2n) is 5.25. The molecule has 3 rings (SSSR count). The van der Waals surface area contributed by atoms with Gasteiger partial charge in [-0.1, -0.05) is 28.1 Å². The molecule has 98 valence electrons. The minimum atomic E-state index is 0.805. The number of piperazine rings is 1. The summed E-state index contributed by atoms with van der Waals surface area (Å²) < 4.78 is 1.16. The van der Waals surface area contributed by atoms with Crippen molar-refractivity contribution in [2.45, 2.75) is 12.6 Å². The van der Waals surface area contributed by atoms with Crippen molar-refractivity contribution in [3.63, 3.8) is 0 Å². The minimum absolute atomic E-state index is 0.805. The smallest absolute Gasteiger partial charge is 0.0346 e. The highest BCUT2D eigenvalue weighted by Gasteiger charge is 2.27. The molecule has 18 heavy (non-hydrogen) atoms. The first-order valence-corrected chi connectivity index (χ1v) is 7.52. The van der Waals surface area contributed by atoms with Crippen LogP contribution in [0.25, 0.3) is 0 Å². The third kappa shape index (κ3) is 2.94. The Morgan fingerprint density at radius 3 is 2.28 bits per heavy atom. The SMILES string of the molecule is Brc1ccc(CN2CCN(C3CNC3)CC2)cc1. The Bertz CT molecular complexity index is 381. The molecule has 0 atom stereocenters. The first-order chi connectivity index (χ1) is 8.81. The standard InChI is InChI=1S/C14H20BrN3/c15-13-3-1-12(2-4-13)11-17-5-7-18(8-6-17)14-9-16-10-14/h1-4,14,16H,5-11H2. The second kappa shape index (κ2) is 5.70. The molecular weight excluding hydrogens is 290 g/mol. The molecule has 0 aromatic heterocycles. The van der Waals surface area contributed by atoms with E-state index in [1.807, 2.05) is 0 Å². The van der Waals surface area contributed by atoms with E-state index in [0.29, 0.717) is 0 Å². The van der Waals surface area contributed by atoms with Crippen molar-refractivity contribution < 1.29 is 0 Å². The summed E-state index contributed by atoms with van der Waals surface area (Å²) in [5.74, 6) is 0. The quantitative estimate of drug-likeness (QED) is 0.914. The molecule has 0 bridgehead atoms. The van der Waals surface area contributed by atoms with E-state index in [9.17, 15) is 0 Å². The summed E-state index contributed by atoms with van der Waals surface area (Å²) in [4.78, 5) is 5.19. The van der Waals surface area contributed by atoms with Gasteiger partial charge in [0.2, 0.25) is 0 Å². The number of nitrogens with one attached hydrogen (secondary N) is 1. The van der Waals surface area contributed by atoms with Crippen LogP contribution in [0.1, 0.15) is 5.56 Å². The molecule has 4 heteroatoms. The van der Waals surface area contributed by atoms with Gasteiger partial charge in [-0.15, -0.1) is 0 Å². The molecule has 2 fully saturated rings. The molecule has 2 aliphatic heterocycles. The zero-order chi connectivity index (χ0) is 12.4. The Balaban J connectivity index is 1.48. The third-order valence-electron chi connectivity index (χ3n) is 4.00. The van der Waals surface area contributed by atoms with Gasteiger partial charge in [-0.3, -0.25) is 9.80 Å². The van der Waals surface area contributed by atoms with Crippen LogP contribution in [0, 0.1) is 0 Å². The number of hydrogen-bond donors (Lipinski definition) is 1. The Labute approximate surface area is 117 Å². The molecule has 1 aromatic rings. The molecule has 2 saturated heterocycles. The summed E-state index contributed by atoms with van der Waals surface area (Å²) in [6, 6.07) is 9.50. The van der Waals surface area contributed by atoms with E-state index in [2.05, 4.69) is 55.3 Å². The topological polar surface area (TPSA) is 18.5 Å². The van der Waals surface area contributed by atoms with Crippen molar-refractivity contribution in [3.8, 4) is 0 Å². The summed E-state index contributed by atoms with van der Waals surface area (Å²) in [6.45, 7) is 8.31. The maximum Gasteiger partial charge on any atom is 0.0346 e. The van der Waals surface area contributed by atoms with Crippen molar-refractivity contribution in [3.05, 3.63) is 34.3 Å². The lowest BCUT2D eigenvalue weighted by Gasteiger charge is -2.43. The second-order valence-corrected chi connectivity index (χ2v) is 6.17. The van der Waals surface area contributed by atoms with E-state index in [-0.39, 0.29) is 0 Å². The van der Waals surface area contributed by atoms with Gasteiger partial charge >= 0.3 is 0 Å². The van der Waals surface area contributed by atoms with Crippen molar-refractivity contribution in [2.24, 2.45) is 0 Å². The Morgan fingerprint density at radius 1 is 1.06 bits per heavy atom. The Hall–Kier alpha value is -0.420. The largest absolute Gasteiger partial charge is 0.314 e. The van der Waals surface area contributed by atoms with Crippen LogP contribution in [0.3, 0.4) is 0 Å². The molecule has 1 aromatic carbocycles. The first kappa shape index (κ1) is 12.6. The van der Waals surface area contributed by atoms with E-state index in [0.717, 1.165) is 17.1 Å². The van der Waals surface area contributed by atoms with Crippen LogP contribution in [0.15, 0.2) is 28.7 Å². The van der Waals surface area contributed by atoms with Gasteiger partial charge in [0, 0.05) is 56.3 Å². The maximum atomic E-state index is 3.48. The van der Waals surface area contributed by atoms with E-state index in [4.69, 9.17) is 0 Å². The molecule has 2 aliphatic rings. The fraction of sp³-hybridized carbons (Fsp3) is 0.571. The van der Waals surface area contributed by atoms with Crippen LogP contribution in [-0.2, 0) is 6.54 Å². The van der Waals surface area contributed by atoms with Crippen molar-refractivity contribution in [2.75, 3.05) is 39.3 Å². The highest BCUT2D eigenvalue weighted by atomic mass is 79.9. The van der Waals surface area contributed by atoms with Crippen LogP contribution in [0.4, 0.5) is 0 Å². The van der Waals surface area contributed by atoms with Crippen LogP contribution in [0.5, 0.6) is 0 Å². The zero-order valence-corrected chi connectivity index (χ0v) is 12.2. The molecule has 0 saturated carbocycles. The Morgan fingerprint density at radius 2 is 1.72 bits per heavy atom. The molecule has 0 amide bonds. The predicted molar refractivity (Wildman–Crippen MR) is 77.6 cm³/mol. The van der Waals surface area contributed by atoms with Gasteiger partial charge in [-0.05, 0) is 17.7 Å². The average Bonchev–Trinajstić information content (AvgIpc) is 2.32. The Kier molecular flexibility index (Phi) is 3.99. The monoisotopic (exact) mass is 309 g/mol. The predicted octanol–water partition coefficient (Wildman–Crippen LogP) is 1.54. The fourth-order valence-corrected chi connectivity index (χ4v) is 2.93. The van der Waals surface area contributed by atoms with Crippen LogP contribution in [-0.4, -0.2) is 55.1 Å². The van der Waals surface area contributed by atoms with Crippen molar-refractivity contribution in [1.82, 2.24) is 15.1 Å². The molecule has 0 radical (unpaired) electrons. The highest BCUT2D eigenvalue weighted by Crippen LogP contribution is 2.15. The van der Waals surface area contributed by atoms with Gasteiger partial charge in [0.1, 0.15) is 0 Å². The average molecular weight is 310 g/mol. The molecule has 1 N–H and O–H groups in total. The van der Waals surface area contributed by atoms with Crippen LogP contribution >= 0.6 is 15.9 Å². The van der Waals surface area contributed by atoms with Gasteiger partial charge < -0.3 is 5.32 Å². The normalized spacial score (nSPS) is 22.9. The molecule has 0 spiro atoms. The fourth-order valence-electron chi connectivity index (χ4n) is 2.67. The summed E-state index contributed by atoms with van der Waals surface area (Å²) in [5.41, 5.74) is 1.41. The maximum absolute atomic E-state index is 3.48. The van der Waals surface area contributed by atoms with Crippen LogP contribution in [0.2, 0.25) is 0 Å². The lowest BCUT2D eigenvalue weighted by atomic mass is 10.1. The zero-order valence-electron chi connectivity index (χ0n) is 10.6. The number of hydrogen-bond acceptors (Lipinski definition) is 3. The molecular formula is C14H20BrN3. The minimum Gasteiger partial charge on any atom is -0.314 e. The highest BCUT2D eigenvalue weighted by molar-refractivity contribution is 9.10. The summed E-state index contributed by atoms with van der Waals surface area (Å²) in [7, 11) is 0. The summed E-state index contributed by atoms with van der Waals surface area (Å²) in [5, 5.41) is 3.36. The number of halogens is 1. The summed E-state index contributed by atoms with van der Waals surface area (Å²) >= 11 is 3.48. The van der Waals surface area contributed by atoms with Crippen molar-refractivity contribution >= 4 is 15.9 Å². The van der Waals surface area contributed by atoms with Crippen molar-refractivity contribution in [1.29, 1.82) is 0 Å². The van der Waals surface area contributed by atoms with Crippen LogP contribution < -0.4 is 5.32 Å². The van der Waals surface area contributed by atoms with Gasteiger partial charge in [0.15, 0.2) is 0 Å². The van der Waals surface area contributed by atoms with E-state index in [1.54, 1.807) is 0 Å². The molecule has 3 nitrogen and oxygen atoms in total. The van der Waals surface area contributed by atoms with Gasteiger partial charge in [0.05, 0.1) is 0 Å². The number of rotatable bonds is 3. The molecule has 0 unspecified atom stereocenters. The molecule has 0 aliphatic carbocycles. The molecule has 2 heterocycles. The van der Waals surface area contributed by atoms with E-state index < -0.39 is 0 Å². The first-order valence-electron chi connectivity index (χ1n) is 6.73. The van der Waals surface area contributed by atoms with E-state index in [1.165, 1.54) is 44.8 Å². The van der Waals surface area contributed by atoms with E-state index >= 15 is 0 Å². The number of nitrogens with zero attached hydrogens (tertiary/aromatic N) is 2. The van der Waals surface area contributed by atoms with Gasteiger partial charge in [-0.2, -0.15) is 0 Å². The van der Waals surface area contributed by atoms with Gasteiger partial charge in [0.25, 0.3) is 0 Å². The lowest BCUT2D eigenvalue weighted by Crippen LogP contribution is -2.61. The lowest BCUT2D eigenvalue weighted by molar-refractivity contribution is 0.0695. The number of benzene rings is 1. The van der Waals surface area contributed by atoms with Gasteiger partial charge in [-0.25, -0.2) is 0 Å². The summed E-state index contributed by atoms with van der Waals surface area (Å²) in [6.07, 6.45) is 0. The third-order valence-corrected chi connectivity index (χ3v) is 4.53.